The molecule has 3 rings (SSSR count). The average Bonchev–Trinajstić information content (AvgIpc) is 2.61. The molecule has 4 heteroatoms. The van der Waals surface area contributed by atoms with Crippen molar-refractivity contribution in [3.8, 4) is 0 Å². The lowest BCUT2D eigenvalue weighted by Gasteiger charge is -2.22. The van der Waals surface area contributed by atoms with E-state index in [4.69, 9.17) is 0 Å². The highest BCUT2D eigenvalue weighted by atomic mass is 16.3. The summed E-state index contributed by atoms with van der Waals surface area (Å²) in [7, 11) is 0. The number of hydrogen-bond acceptors (Lipinski definition) is 2. The number of aliphatic hydroxyl groups is 1. The predicted molar refractivity (Wildman–Crippen MR) is 75.1 cm³/mol. The van der Waals surface area contributed by atoms with Crippen molar-refractivity contribution < 1.29 is 5.11 Å². The Labute approximate surface area is 112 Å². The maximum absolute atomic E-state index is 12.0. The number of nitrogens with zero attached hydrogens (tertiary/aromatic N) is 1. The zero-order chi connectivity index (χ0) is 13.6. The van der Waals surface area contributed by atoms with E-state index in [9.17, 15) is 9.90 Å². The summed E-state index contributed by atoms with van der Waals surface area (Å²) in [6.45, 7) is 5.03. The SMILES string of the molecule is CC(C)C[C@@H]1CCn2c(=O)[nH]c3cccc(c32)[C@H]1O. The van der Waals surface area contributed by atoms with Gasteiger partial charge in [-0.05, 0) is 30.7 Å². The number of benzene rings is 1. The molecule has 0 aliphatic carbocycles. The van der Waals surface area contributed by atoms with Crippen LogP contribution in [0.15, 0.2) is 23.0 Å². The van der Waals surface area contributed by atoms with Crippen LogP contribution in [0.4, 0.5) is 0 Å². The number of imidazole rings is 1. The first-order valence-corrected chi connectivity index (χ1v) is 6.97. The second kappa shape index (κ2) is 4.53. The van der Waals surface area contributed by atoms with Gasteiger partial charge in [-0.25, -0.2) is 4.79 Å². The smallest absolute Gasteiger partial charge is 0.326 e. The van der Waals surface area contributed by atoms with Crippen LogP contribution in [0.2, 0.25) is 0 Å². The van der Waals surface area contributed by atoms with Gasteiger partial charge in [-0.15, -0.1) is 0 Å². The van der Waals surface area contributed by atoms with Gasteiger partial charge in [0.05, 0.1) is 17.1 Å². The Balaban J connectivity index is 2.14. The van der Waals surface area contributed by atoms with Crippen LogP contribution in [-0.2, 0) is 6.54 Å². The minimum Gasteiger partial charge on any atom is -0.388 e. The summed E-state index contributed by atoms with van der Waals surface area (Å²) in [5, 5.41) is 10.6. The number of H-pyrrole nitrogens is 1. The second-order valence-corrected chi connectivity index (χ2v) is 5.95. The van der Waals surface area contributed by atoms with Gasteiger partial charge in [-0.2, -0.15) is 0 Å². The zero-order valence-corrected chi connectivity index (χ0v) is 11.4. The third-order valence-corrected chi connectivity index (χ3v) is 4.09. The molecule has 19 heavy (non-hydrogen) atoms. The van der Waals surface area contributed by atoms with Crippen LogP contribution in [0.5, 0.6) is 0 Å². The highest BCUT2D eigenvalue weighted by Crippen LogP contribution is 2.36. The molecule has 0 fully saturated rings. The molecule has 1 aliphatic rings. The number of aliphatic hydroxyl groups excluding tert-OH is 1. The topological polar surface area (TPSA) is 58.0 Å². The highest BCUT2D eigenvalue weighted by Gasteiger charge is 2.28. The molecule has 2 atom stereocenters. The molecule has 0 saturated carbocycles. The van der Waals surface area contributed by atoms with E-state index in [2.05, 4.69) is 18.8 Å². The largest absolute Gasteiger partial charge is 0.388 e. The van der Waals surface area contributed by atoms with Gasteiger partial charge in [0.1, 0.15) is 0 Å². The van der Waals surface area contributed by atoms with Crippen molar-refractivity contribution >= 4 is 11.0 Å². The van der Waals surface area contributed by atoms with Gasteiger partial charge in [-0.1, -0.05) is 26.0 Å². The Hall–Kier alpha value is -1.55. The molecule has 1 aromatic carbocycles. The van der Waals surface area contributed by atoms with E-state index in [-0.39, 0.29) is 11.6 Å². The Morgan fingerprint density at radius 1 is 1.47 bits per heavy atom. The summed E-state index contributed by atoms with van der Waals surface area (Å²) in [6, 6.07) is 5.74. The molecule has 2 heterocycles. The molecule has 4 nitrogen and oxygen atoms in total. The fourth-order valence-electron chi connectivity index (χ4n) is 3.26. The van der Waals surface area contributed by atoms with Crippen molar-refractivity contribution in [3.05, 3.63) is 34.2 Å². The van der Waals surface area contributed by atoms with E-state index >= 15 is 0 Å². The summed E-state index contributed by atoms with van der Waals surface area (Å²) in [4.78, 5) is 14.8. The van der Waals surface area contributed by atoms with Gasteiger partial charge in [0.2, 0.25) is 0 Å². The van der Waals surface area contributed by atoms with Gasteiger partial charge in [-0.3, -0.25) is 4.57 Å². The lowest BCUT2D eigenvalue weighted by molar-refractivity contribution is 0.0914. The highest BCUT2D eigenvalue weighted by molar-refractivity contribution is 5.79. The van der Waals surface area contributed by atoms with Crippen LogP contribution in [0.3, 0.4) is 0 Å². The maximum atomic E-state index is 12.0. The average molecular weight is 260 g/mol. The molecule has 0 bridgehead atoms. The van der Waals surface area contributed by atoms with E-state index < -0.39 is 6.10 Å². The molecule has 2 aromatic rings. The van der Waals surface area contributed by atoms with Crippen molar-refractivity contribution in [3.63, 3.8) is 0 Å². The van der Waals surface area contributed by atoms with Crippen LogP contribution >= 0.6 is 0 Å². The van der Waals surface area contributed by atoms with Crippen molar-refractivity contribution in [2.45, 2.75) is 39.3 Å². The second-order valence-electron chi connectivity index (χ2n) is 5.95. The third kappa shape index (κ3) is 2.00. The first-order chi connectivity index (χ1) is 9.08. The number of rotatable bonds is 2. The summed E-state index contributed by atoms with van der Waals surface area (Å²) in [6.07, 6.45) is 1.36. The molecule has 1 aliphatic heterocycles. The van der Waals surface area contributed by atoms with Gasteiger partial charge in [0, 0.05) is 12.1 Å². The van der Waals surface area contributed by atoms with Gasteiger partial charge in [0.25, 0.3) is 0 Å². The first kappa shape index (κ1) is 12.5. The maximum Gasteiger partial charge on any atom is 0.326 e. The summed E-state index contributed by atoms with van der Waals surface area (Å²) in [5.74, 6) is 0.777. The number of para-hydroxylation sites is 1. The lowest BCUT2D eigenvalue weighted by Crippen LogP contribution is -2.18. The van der Waals surface area contributed by atoms with Gasteiger partial charge >= 0.3 is 5.69 Å². The molecular weight excluding hydrogens is 240 g/mol. The van der Waals surface area contributed by atoms with E-state index in [1.807, 2.05) is 18.2 Å². The number of aryl methyl sites for hydroxylation is 1. The Kier molecular flexibility index (Phi) is 2.97. The fourth-order valence-corrected chi connectivity index (χ4v) is 3.26. The number of aromatic nitrogens is 2. The number of hydrogen-bond donors (Lipinski definition) is 2. The quantitative estimate of drug-likeness (QED) is 0.871. The summed E-state index contributed by atoms with van der Waals surface area (Å²) >= 11 is 0. The van der Waals surface area contributed by atoms with Crippen molar-refractivity contribution in [1.82, 2.24) is 9.55 Å². The fraction of sp³-hybridized carbons (Fsp3) is 0.533. The van der Waals surface area contributed by atoms with E-state index in [0.717, 1.165) is 29.4 Å². The Morgan fingerprint density at radius 3 is 3.00 bits per heavy atom. The van der Waals surface area contributed by atoms with Crippen LogP contribution in [0.25, 0.3) is 11.0 Å². The van der Waals surface area contributed by atoms with Crippen molar-refractivity contribution in [2.75, 3.05) is 0 Å². The van der Waals surface area contributed by atoms with Crippen LogP contribution in [0, 0.1) is 11.8 Å². The first-order valence-electron chi connectivity index (χ1n) is 6.97. The summed E-state index contributed by atoms with van der Waals surface area (Å²) in [5.41, 5.74) is 2.52. The minimum atomic E-state index is -0.477. The molecular formula is C15H20N2O2. The standard InChI is InChI=1S/C15H20N2O2/c1-9(2)8-10-6-7-17-13-11(14(10)18)4-3-5-12(13)16-15(17)19/h3-5,9-10,14,18H,6-8H2,1-2H3,(H,16,19)/t10-,14-/m0/s1. The predicted octanol–water partition coefficient (Wildman–Crippen LogP) is 2.43. The van der Waals surface area contributed by atoms with Crippen molar-refractivity contribution in [2.24, 2.45) is 11.8 Å². The molecule has 0 saturated heterocycles. The lowest BCUT2D eigenvalue weighted by atomic mass is 9.86. The monoisotopic (exact) mass is 260 g/mol. The Bertz CT molecular complexity index is 654. The van der Waals surface area contributed by atoms with Crippen LogP contribution < -0.4 is 5.69 Å². The van der Waals surface area contributed by atoms with E-state index in [1.54, 1.807) is 4.57 Å². The third-order valence-electron chi connectivity index (χ3n) is 4.09. The molecule has 1 aromatic heterocycles. The Morgan fingerprint density at radius 2 is 2.26 bits per heavy atom. The zero-order valence-electron chi connectivity index (χ0n) is 11.4. The number of aromatic amines is 1. The van der Waals surface area contributed by atoms with Crippen LogP contribution in [0.1, 0.15) is 38.4 Å². The minimum absolute atomic E-state index is 0.0696. The van der Waals surface area contributed by atoms with E-state index in [0.29, 0.717) is 12.5 Å². The molecule has 0 unspecified atom stereocenters. The number of nitrogens with one attached hydrogen (secondary N) is 1. The van der Waals surface area contributed by atoms with Crippen molar-refractivity contribution in [1.29, 1.82) is 0 Å². The molecule has 2 N–H and O–H groups in total. The summed E-state index contributed by atoms with van der Waals surface area (Å²) < 4.78 is 1.77. The molecule has 0 radical (unpaired) electrons. The molecule has 0 spiro atoms. The normalized spacial score (nSPS) is 22.9. The van der Waals surface area contributed by atoms with Gasteiger partial charge < -0.3 is 10.1 Å². The molecule has 102 valence electrons. The van der Waals surface area contributed by atoms with Crippen LogP contribution in [-0.4, -0.2) is 14.7 Å². The van der Waals surface area contributed by atoms with Gasteiger partial charge in [0.15, 0.2) is 0 Å². The molecule has 0 amide bonds. The van der Waals surface area contributed by atoms with E-state index in [1.165, 1.54) is 0 Å².